The second-order valence-electron chi connectivity index (χ2n) is 8.39. The minimum Gasteiger partial charge on any atom is -0.519 e. The molecule has 1 unspecified atom stereocenters. The Labute approximate surface area is 157 Å². The topological polar surface area (TPSA) is 56.8 Å². The molecule has 0 heterocycles. The first-order chi connectivity index (χ1) is 11.4. The largest absolute Gasteiger partial charge is 0.519 e. The van der Waals surface area contributed by atoms with Crippen LogP contribution in [0.4, 0.5) is 0 Å². The van der Waals surface area contributed by atoms with E-state index in [1.807, 2.05) is 20.8 Å². The second kappa shape index (κ2) is 10.8. The van der Waals surface area contributed by atoms with Gasteiger partial charge in [-0.25, -0.2) is 0 Å². The Morgan fingerprint density at radius 2 is 1.60 bits per heavy atom. The van der Waals surface area contributed by atoms with Crippen molar-refractivity contribution in [3.05, 3.63) is 0 Å². The summed E-state index contributed by atoms with van der Waals surface area (Å²) in [4.78, 5) is 12.3. The van der Waals surface area contributed by atoms with E-state index in [1.54, 1.807) is 0 Å². The monoisotopic (exact) mass is 391 g/mol. The maximum absolute atomic E-state index is 12.3. The van der Waals surface area contributed by atoms with Crippen LogP contribution in [0.5, 0.6) is 0 Å². The molecule has 1 atom stereocenters. The maximum Gasteiger partial charge on any atom is 0.334 e. The first-order valence-electron chi connectivity index (χ1n) is 9.60. The molecule has 1 N–H and O–H groups in total. The third-order valence-electron chi connectivity index (χ3n) is 4.90. The van der Waals surface area contributed by atoms with Crippen LogP contribution in [0.15, 0.2) is 0 Å². The normalized spacial score (nSPS) is 14.4. The Bertz CT molecular complexity index is 391. The molecule has 0 bridgehead atoms. The van der Waals surface area contributed by atoms with Gasteiger partial charge in [0.05, 0.1) is 5.92 Å². The first kappa shape index (κ1) is 24.8. The number of hydrogen-bond acceptors (Lipinski definition) is 5. The first-order valence-corrected chi connectivity index (χ1v) is 15.0. The highest BCUT2D eigenvalue weighted by atomic mass is 28.4. The summed E-state index contributed by atoms with van der Waals surface area (Å²) in [6.07, 6.45) is 0.993. The van der Waals surface area contributed by atoms with Gasteiger partial charge in [-0.2, -0.15) is 0 Å². The zero-order valence-electron chi connectivity index (χ0n) is 18.0. The van der Waals surface area contributed by atoms with Crippen LogP contribution in [0, 0.1) is 5.92 Å². The number of carbonyl (C=O) groups is 1. The third kappa shape index (κ3) is 9.33. The fourth-order valence-electron chi connectivity index (χ4n) is 2.24. The van der Waals surface area contributed by atoms with Gasteiger partial charge >= 0.3 is 8.56 Å². The molecule has 0 fully saturated rings. The zero-order chi connectivity index (χ0) is 19.7. The highest BCUT2D eigenvalue weighted by Crippen LogP contribution is 2.36. The van der Waals surface area contributed by atoms with Gasteiger partial charge in [-0.05, 0) is 57.5 Å². The van der Waals surface area contributed by atoms with Crippen molar-refractivity contribution in [2.45, 2.75) is 78.7 Å². The molecular weight excluding hydrogens is 350 g/mol. The lowest BCUT2D eigenvalue weighted by Gasteiger charge is -2.36. The Morgan fingerprint density at radius 3 is 2.04 bits per heavy atom. The van der Waals surface area contributed by atoms with E-state index in [0.717, 1.165) is 19.0 Å². The Balaban J connectivity index is 4.19. The van der Waals surface area contributed by atoms with Gasteiger partial charge < -0.3 is 18.6 Å². The molecule has 0 amide bonds. The molecule has 0 aliphatic heterocycles. The second-order valence-corrected chi connectivity index (χ2v) is 16.5. The quantitative estimate of drug-likeness (QED) is 0.397. The van der Waals surface area contributed by atoms with E-state index in [4.69, 9.17) is 13.3 Å². The van der Waals surface area contributed by atoms with Crippen molar-refractivity contribution in [2.24, 2.45) is 5.92 Å². The van der Waals surface area contributed by atoms with Crippen molar-refractivity contribution >= 4 is 22.8 Å². The van der Waals surface area contributed by atoms with Crippen LogP contribution < -0.4 is 5.32 Å². The smallest absolute Gasteiger partial charge is 0.334 e. The van der Waals surface area contributed by atoms with E-state index in [9.17, 15) is 4.79 Å². The fraction of sp³-hybridized carbons (Fsp3) is 0.944. The van der Waals surface area contributed by atoms with Crippen LogP contribution in [0.2, 0.25) is 30.7 Å². The van der Waals surface area contributed by atoms with E-state index >= 15 is 0 Å². The van der Waals surface area contributed by atoms with Crippen LogP contribution >= 0.6 is 0 Å². The molecule has 0 saturated carbocycles. The van der Waals surface area contributed by atoms with E-state index in [0.29, 0.717) is 19.8 Å². The van der Waals surface area contributed by atoms with Gasteiger partial charge in [0.2, 0.25) is 0 Å². The number of hydrogen-bond donors (Lipinski definition) is 1. The van der Waals surface area contributed by atoms with E-state index < -0.39 is 16.9 Å². The molecule has 0 rings (SSSR count). The van der Waals surface area contributed by atoms with Crippen molar-refractivity contribution in [3.8, 4) is 0 Å². The van der Waals surface area contributed by atoms with Crippen molar-refractivity contribution in [3.63, 3.8) is 0 Å². The molecule has 0 aliphatic rings. The minimum atomic E-state index is -2.03. The molecule has 0 aromatic heterocycles. The molecular formula is C18H41NO4Si2. The van der Waals surface area contributed by atoms with Gasteiger partial charge in [0.25, 0.3) is 14.3 Å². The zero-order valence-corrected chi connectivity index (χ0v) is 20.0. The van der Waals surface area contributed by atoms with Crippen LogP contribution in [0.3, 0.4) is 0 Å². The lowest BCUT2D eigenvalue weighted by molar-refractivity contribution is -0.139. The van der Waals surface area contributed by atoms with E-state index in [2.05, 4.69) is 45.7 Å². The summed E-state index contributed by atoms with van der Waals surface area (Å²) in [5.74, 6) is -0.210. The van der Waals surface area contributed by atoms with Crippen molar-refractivity contribution in [1.82, 2.24) is 5.32 Å². The van der Waals surface area contributed by atoms with Gasteiger partial charge in [-0.15, -0.1) is 0 Å². The Hall–Kier alpha value is -0.216. The van der Waals surface area contributed by atoms with Gasteiger partial charge in [-0.3, -0.25) is 4.79 Å². The number of carbonyl (C=O) groups excluding carboxylic acids is 1. The van der Waals surface area contributed by atoms with Crippen LogP contribution in [0.1, 0.15) is 48.0 Å². The van der Waals surface area contributed by atoms with Crippen LogP contribution in [-0.4, -0.2) is 49.2 Å². The molecule has 7 heteroatoms. The van der Waals surface area contributed by atoms with Crippen LogP contribution in [0.25, 0.3) is 0 Å². The lowest BCUT2D eigenvalue weighted by Crippen LogP contribution is -2.45. The molecule has 0 spiro atoms. The summed E-state index contributed by atoms with van der Waals surface area (Å²) in [5, 5.41) is 3.42. The highest BCUT2D eigenvalue weighted by molar-refractivity contribution is 6.75. The molecule has 0 aliphatic carbocycles. The van der Waals surface area contributed by atoms with E-state index in [-0.39, 0.29) is 16.9 Å². The van der Waals surface area contributed by atoms with Crippen LogP contribution in [-0.2, 0) is 18.1 Å². The highest BCUT2D eigenvalue weighted by Gasteiger charge is 2.41. The molecule has 25 heavy (non-hydrogen) atoms. The van der Waals surface area contributed by atoms with Gasteiger partial charge in [0.15, 0.2) is 0 Å². The summed E-state index contributed by atoms with van der Waals surface area (Å²) in [6.45, 7) is 21.6. The lowest BCUT2D eigenvalue weighted by atomic mass is 10.2. The SMILES string of the molecule is CCO[Si](C)(CCCNCC(C)C(=O)O[Si](C)(C)C(C)(C)C)OCC. The third-order valence-corrected chi connectivity index (χ3v) is 12.3. The standard InChI is InChI=1S/C18H41NO4Si2/c1-10-21-25(9,22-11-2)14-12-13-19-15-16(3)17(20)23-24(7,8)18(4,5)6/h16,19H,10-15H2,1-9H3. The summed E-state index contributed by atoms with van der Waals surface area (Å²) >= 11 is 0. The summed E-state index contributed by atoms with van der Waals surface area (Å²) in [5.41, 5.74) is 0. The predicted molar refractivity (Wildman–Crippen MR) is 110 cm³/mol. The van der Waals surface area contributed by atoms with Crippen molar-refractivity contribution < 1.29 is 18.1 Å². The van der Waals surface area contributed by atoms with E-state index in [1.165, 1.54) is 0 Å². The summed E-state index contributed by atoms with van der Waals surface area (Å²) in [7, 11) is -4.06. The number of nitrogens with one attached hydrogen (secondary N) is 1. The average molecular weight is 392 g/mol. The molecule has 5 nitrogen and oxygen atoms in total. The molecule has 0 aromatic carbocycles. The summed E-state index contributed by atoms with van der Waals surface area (Å²) < 4.78 is 17.5. The van der Waals surface area contributed by atoms with Gasteiger partial charge in [0.1, 0.15) is 0 Å². The number of rotatable bonds is 12. The Morgan fingerprint density at radius 1 is 1.08 bits per heavy atom. The molecule has 150 valence electrons. The summed E-state index contributed by atoms with van der Waals surface area (Å²) in [6, 6.07) is 0.963. The van der Waals surface area contributed by atoms with Gasteiger partial charge in [0, 0.05) is 19.8 Å². The molecule has 0 aromatic rings. The molecule has 0 saturated heterocycles. The fourth-order valence-corrected chi connectivity index (χ4v) is 5.66. The maximum atomic E-state index is 12.3. The predicted octanol–water partition coefficient (Wildman–Crippen LogP) is 4.30. The van der Waals surface area contributed by atoms with Gasteiger partial charge in [-0.1, -0.05) is 27.7 Å². The minimum absolute atomic E-state index is 0.0451. The molecule has 0 radical (unpaired) electrons. The Kier molecular flexibility index (Phi) is 10.7. The average Bonchev–Trinajstić information content (AvgIpc) is 2.45. The van der Waals surface area contributed by atoms with Crippen molar-refractivity contribution in [2.75, 3.05) is 26.3 Å². The van der Waals surface area contributed by atoms with Crippen molar-refractivity contribution in [1.29, 1.82) is 0 Å².